The number of fused-ring (bicyclic) bond motifs is 3. The number of thiophene rings is 1. The molecule has 2 aliphatic heterocycles. The summed E-state index contributed by atoms with van der Waals surface area (Å²) in [5.74, 6) is 0.430. The first kappa shape index (κ1) is 19.6. The fourth-order valence-electron chi connectivity index (χ4n) is 5.06. The van der Waals surface area contributed by atoms with Crippen LogP contribution in [0.2, 0.25) is 0 Å². The van der Waals surface area contributed by atoms with Crippen LogP contribution in [0.3, 0.4) is 0 Å². The minimum Gasteiger partial charge on any atom is -0.494 e. The Bertz CT molecular complexity index is 1180. The summed E-state index contributed by atoms with van der Waals surface area (Å²) >= 11 is 1.40. The minimum atomic E-state index is -0.120. The van der Waals surface area contributed by atoms with Gasteiger partial charge in [-0.25, -0.2) is 0 Å². The quantitative estimate of drug-likeness (QED) is 0.642. The van der Waals surface area contributed by atoms with Crippen LogP contribution < -0.4 is 10.3 Å². The first-order valence-electron chi connectivity index (χ1n) is 10.7. The number of carbonyl (C=O) groups is 1. The van der Waals surface area contributed by atoms with E-state index < -0.39 is 0 Å². The molecule has 0 bridgehead atoms. The summed E-state index contributed by atoms with van der Waals surface area (Å²) in [5.41, 5.74) is 0.747. The number of amides is 1. The van der Waals surface area contributed by atoms with Gasteiger partial charge in [0.1, 0.15) is 10.3 Å². The molecule has 3 aromatic rings. The highest BCUT2D eigenvalue weighted by molar-refractivity contribution is 7.22. The molecule has 0 radical (unpaired) electrons. The number of para-hydroxylation sites is 1. The lowest BCUT2D eigenvalue weighted by molar-refractivity contribution is 0.0711. The van der Waals surface area contributed by atoms with Gasteiger partial charge >= 0.3 is 0 Å². The van der Waals surface area contributed by atoms with Crippen molar-refractivity contribution in [3.8, 4) is 5.75 Å². The fourth-order valence-corrected chi connectivity index (χ4v) is 6.31. The number of hydrogen-bond donors (Lipinski definition) is 0. The van der Waals surface area contributed by atoms with E-state index in [1.807, 2.05) is 29.2 Å². The molecule has 2 saturated heterocycles. The van der Waals surface area contributed by atoms with Crippen LogP contribution in [0.4, 0.5) is 0 Å². The molecule has 0 saturated carbocycles. The molecule has 1 amide bonds. The fraction of sp³-hybridized carbons (Fsp3) is 0.478. The molecule has 2 aromatic heterocycles. The maximum absolute atomic E-state index is 13.6. The Hall–Kier alpha value is -2.38. The summed E-state index contributed by atoms with van der Waals surface area (Å²) in [7, 11) is 3.33. The van der Waals surface area contributed by atoms with Crippen molar-refractivity contribution in [3.05, 3.63) is 39.5 Å². The van der Waals surface area contributed by atoms with Gasteiger partial charge in [0.15, 0.2) is 5.75 Å². The van der Waals surface area contributed by atoms with Crippen molar-refractivity contribution in [2.75, 3.05) is 33.3 Å². The average molecular weight is 426 g/mol. The SMILES string of the molecule is COc1c(C(=O)N2CCC[C@H]2CN2CCCC2)sc2c1c(=O)n(C)c1ccccc21. The summed E-state index contributed by atoms with van der Waals surface area (Å²) in [6, 6.07) is 8.08. The van der Waals surface area contributed by atoms with E-state index in [0.717, 1.165) is 54.6 Å². The van der Waals surface area contributed by atoms with E-state index in [9.17, 15) is 9.59 Å². The molecule has 1 atom stereocenters. The van der Waals surface area contributed by atoms with Crippen LogP contribution in [-0.2, 0) is 7.05 Å². The number of pyridine rings is 1. The average Bonchev–Trinajstić information content (AvgIpc) is 3.51. The second-order valence-corrected chi connectivity index (χ2v) is 9.37. The van der Waals surface area contributed by atoms with Crippen molar-refractivity contribution in [2.45, 2.75) is 31.7 Å². The molecule has 4 heterocycles. The van der Waals surface area contributed by atoms with Crippen molar-refractivity contribution in [1.29, 1.82) is 0 Å². The molecule has 5 rings (SSSR count). The van der Waals surface area contributed by atoms with Gasteiger partial charge in [-0.05, 0) is 44.8 Å². The van der Waals surface area contributed by atoms with E-state index in [1.165, 1.54) is 24.2 Å². The summed E-state index contributed by atoms with van der Waals surface area (Å²) in [6.07, 6.45) is 4.57. The number of likely N-dealkylation sites (tertiary alicyclic amines) is 2. The third-order valence-corrected chi connectivity index (χ3v) is 7.79. The highest BCUT2D eigenvalue weighted by atomic mass is 32.1. The Labute approximate surface area is 179 Å². The van der Waals surface area contributed by atoms with Crippen LogP contribution in [-0.4, -0.2) is 59.6 Å². The third-order valence-electron chi connectivity index (χ3n) is 6.60. The van der Waals surface area contributed by atoms with Crippen molar-refractivity contribution in [3.63, 3.8) is 0 Å². The molecule has 0 N–H and O–H groups in total. The number of ether oxygens (including phenoxy) is 1. The zero-order valence-corrected chi connectivity index (χ0v) is 18.3. The number of benzene rings is 1. The minimum absolute atomic E-state index is 0.000816. The van der Waals surface area contributed by atoms with Crippen molar-refractivity contribution in [1.82, 2.24) is 14.4 Å². The summed E-state index contributed by atoms with van der Waals surface area (Å²) in [5, 5.41) is 1.49. The van der Waals surface area contributed by atoms with Crippen LogP contribution in [0, 0.1) is 0 Å². The zero-order chi connectivity index (χ0) is 20.8. The lowest BCUT2D eigenvalue weighted by Gasteiger charge is -2.28. The molecular formula is C23H27N3O3S. The topological polar surface area (TPSA) is 54.8 Å². The predicted octanol–water partition coefficient (Wildman–Crippen LogP) is 3.46. The molecule has 2 aliphatic rings. The summed E-state index contributed by atoms with van der Waals surface area (Å²) in [6.45, 7) is 3.98. The molecule has 6 nitrogen and oxygen atoms in total. The Balaban J connectivity index is 1.60. The number of hydrogen-bond acceptors (Lipinski definition) is 5. The largest absolute Gasteiger partial charge is 0.494 e. The first-order chi connectivity index (χ1) is 14.6. The van der Waals surface area contributed by atoms with Gasteiger partial charge in [0.2, 0.25) is 0 Å². The third kappa shape index (κ3) is 3.03. The standard InChI is InChI=1S/C23H27N3O3S/c1-24-17-10-4-3-9-16(17)20-18(22(24)27)19(29-2)21(30-20)23(28)26-13-7-8-15(26)14-25-11-5-6-12-25/h3-4,9-10,15H,5-8,11-14H2,1-2H3/t15-/m0/s1. The lowest BCUT2D eigenvalue weighted by Crippen LogP contribution is -2.42. The Morgan fingerprint density at radius 1 is 1.17 bits per heavy atom. The highest BCUT2D eigenvalue weighted by Gasteiger charge is 2.34. The maximum Gasteiger partial charge on any atom is 0.268 e. The van der Waals surface area contributed by atoms with Crippen LogP contribution in [0.15, 0.2) is 29.1 Å². The van der Waals surface area contributed by atoms with Gasteiger partial charge in [0.25, 0.3) is 11.5 Å². The van der Waals surface area contributed by atoms with E-state index in [0.29, 0.717) is 16.0 Å². The van der Waals surface area contributed by atoms with Crippen LogP contribution >= 0.6 is 11.3 Å². The van der Waals surface area contributed by atoms with E-state index >= 15 is 0 Å². The van der Waals surface area contributed by atoms with Gasteiger partial charge in [-0.15, -0.1) is 11.3 Å². The number of carbonyl (C=O) groups excluding carboxylic acids is 1. The molecule has 1 aromatic carbocycles. The maximum atomic E-state index is 13.6. The zero-order valence-electron chi connectivity index (χ0n) is 17.5. The molecule has 0 spiro atoms. The lowest BCUT2D eigenvalue weighted by atomic mass is 10.1. The van der Waals surface area contributed by atoms with Crippen molar-refractivity contribution < 1.29 is 9.53 Å². The smallest absolute Gasteiger partial charge is 0.268 e. The number of aryl methyl sites for hydroxylation is 1. The first-order valence-corrected chi connectivity index (χ1v) is 11.5. The Morgan fingerprint density at radius 3 is 2.70 bits per heavy atom. The Morgan fingerprint density at radius 2 is 1.93 bits per heavy atom. The molecule has 7 heteroatoms. The van der Waals surface area contributed by atoms with Gasteiger partial charge in [0.05, 0.1) is 17.3 Å². The predicted molar refractivity (Wildman–Crippen MR) is 121 cm³/mol. The van der Waals surface area contributed by atoms with Gasteiger partial charge < -0.3 is 19.1 Å². The highest BCUT2D eigenvalue weighted by Crippen LogP contribution is 2.40. The van der Waals surface area contributed by atoms with E-state index in [2.05, 4.69) is 4.90 Å². The van der Waals surface area contributed by atoms with E-state index in [4.69, 9.17) is 4.74 Å². The van der Waals surface area contributed by atoms with Crippen LogP contribution in [0.5, 0.6) is 5.75 Å². The molecule has 158 valence electrons. The van der Waals surface area contributed by atoms with Crippen molar-refractivity contribution >= 4 is 38.2 Å². The van der Waals surface area contributed by atoms with Crippen LogP contribution in [0.1, 0.15) is 35.4 Å². The summed E-state index contributed by atoms with van der Waals surface area (Å²) < 4.78 is 8.16. The molecule has 0 aliphatic carbocycles. The van der Waals surface area contributed by atoms with Gasteiger partial charge in [-0.2, -0.15) is 0 Å². The van der Waals surface area contributed by atoms with Gasteiger partial charge in [-0.1, -0.05) is 18.2 Å². The normalized spacial score (nSPS) is 19.9. The number of nitrogens with zero attached hydrogens (tertiary/aromatic N) is 3. The number of methoxy groups -OCH3 is 1. The van der Waals surface area contributed by atoms with Crippen molar-refractivity contribution in [2.24, 2.45) is 7.05 Å². The van der Waals surface area contributed by atoms with E-state index in [-0.39, 0.29) is 17.5 Å². The second-order valence-electron chi connectivity index (χ2n) is 8.35. The number of rotatable bonds is 4. The van der Waals surface area contributed by atoms with E-state index in [1.54, 1.807) is 18.7 Å². The van der Waals surface area contributed by atoms with Gasteiger partial charge in [0, 0.05) is 31.6 Å². The second kappa shape index (κ2) is 7.71. The molecule has 2 fully saturated rings. The number of aromatic nitrogens is 1. The molecule has 30 heavy (non-hydrogen) atoms. The molecule has 0 unspecified atom stereocenters. The van der Waals surface area contributed by atoms with Gasteiger partial charge in [-0.3, -0.25) is 9.59 Å². The van der Waals surface area contributed by atoms with Crippen LogP contribution in [0.25, 0.3) is 21.0 Å². The Kier molecular flexibility index (Phi) is 5.03. The summed E-state index contributed by atoms with van der Waals surface area (Å²) in [4.78, 5) is 31.8. The monoisotopic (exact) mass is 425 g/mol. The molecular weight excluding hydrogens is 398 g/mol.